The second-order valence-electron chi connectivity index (χ2n) is 7.23. The maximum Gasteiger partial charge on any atom is 0.257 e. The molecule has 1 N–H and O–H groups in total. The first kappa shape index (κ1) is 20.4. The van der Waals surface area contributed by atoms with Gasteiger partial charge in [-0.2, -0.15) is 0 Å². The van der Waals surface area contributed by atoms with Crippen LogP contribution in [0.1, 0.15) is 12.0 Å². The summed E-state index contributed by atoms with van der Waals surface area (Å²) in [5.74, 6) is 0.289. The molecule has 1 aromatic heterocycles. The van der Waals surface area contributed by atoms with Crippen LogP contribution < -0.4 is 15.5 Å². The quantitative estimate of drug-likeness (QED) is 0.429. The molecule has 156 valence electrons. The Morgan fingerprint density at radius 2 is 1.68 bits per heavy atom. The lowest BCUT2D eigenvalue weighted by molar-refractivity contribution is -0.123. The number of fused-ring (bicyclic) bond motifs is 1. The van der Waals surface area contributed by atoms with E-state index in [0.29, 0.717) is 28.8 Å². The first-order valence-corrected chi connectivity index (χ1v) is 10.2. The molecule has 0 fully saturated rings. The molecule has 0 radical (unpaired) electrons. The molecule has 0 aliphatic carbocycles. The minimum absolute atomic E-state index is 0.0941. The predicted octanol–water partition coefficient (Wildman–Crippen LogP) is 4.59. The van der Waals surface area contributed by atoms with Crippen molar-refractivity contribution in [2.24, 2.45) is 0 Å². The number of hydrogen-bond donors (Lipinski definition) is 1. The molecule has 4 rings (SSSR count). The number of carbonyl (C=O) groups is 1. The minimum Gasteiger partial charge on any atom is -0.484 e. The second kappa shape index (κ2) is 9.76. The zero-order valence-corrected chi connectivity index (χ0v) is 17.0. The fourth-order valence-electron chi connectivity index (χ4n) is 3.38. The Balaban J connectivity index is 1.32. The highest BCUT2D eigenvalue weighted by molar-refractivity contribution is 5.83. The van der Waals surface area contributed by atoms with E-state index in [1.807, 2.05) is 48.5 Å². The third-order valence-electron chi connectivity index (χ3n) is 5.01. The van der Waals surface area contributed by atoms with Crippen molar-refractivity contribution >= 4 is 16.9 Å². The van der Waals surface area contributed by atoms with Gasteiger partial charge in [0.05, 0.1) is 10.9 Å². The highest BCUT2D eigenvalue weighted by Gasteiger charge is 2.10. The number of nitrogens with one attached hydrogen (secondary N) is 1. The molecule has 0 unspecified atom stereocenters. The van der Waals surface area contributed by atoms with Crippen LogP contribution in [0.2, 0.25) is 0 Å². The Morgan fingerprint density at radius 3 is 2.45 bits per heavy atom. The van der Waals surface area contributed by atoms with Crippen LogP contribution in [-0.4, -0.2) is 19.1 Å². The van der Waals surface area contributed by atoms with Gasteiger partial charge in [0.2, 0.25) is 0 Å². The molecule has 0 aliphatic rings. The average molecular weight is 413 g/mol. The molecule has 0 atom stereocenters. The Labute approximate surface area is 180 Å². The van der Waals surface area contributed by atoms with Gasteiger partial charge in [0.15, 0.2) is 12.0 Å². The van der Waals surface area contributed by atoms with E-state index in [0.717, 1.165) is 18.4 Å². The van der Waals surface area contributed by atoms with Gasteiger partial charge >= 0.3 is 0 Å². The van der Waals surface area contributed by atoms with Crippen molar-refractivity contribution < 1.29 is 13.9 Å². The standard InChI is InChI=1S/C26H23NO4/c28-25(27-15-7-10-19-8-3-1-4-9-19)18-30-21-13-14-22-24(16-21)31-17-23(26(22)29)20-11-5-2-6-12-20/h1-6,8-9,11-14,16-17H,7,10,15,18H2,(H,27,28). The number of aryl methyl sites for hydroxylation is 1. The van der Waals surface area contributed by atoms with Crippen molar-refractivity contribution in [3.05, 3.63) is 101 Å². The molecule has 5 nitrogen and oxygen atoms in total. The van der Waals surface area contributed by atoms with Crippen molar-refractivity contribution in [2.45, 2.75) is 12.8 Å². The van der Waals surface area contributed by atoms with Gasteiger partial charge in [-0.15, -0.1) is 0 Å². The van der Waals surface area contributed by atoms with Crippen LogP contribution in [0.4, 0.5) is 0 Å². The summed E-state index contributed by atoms with van der Waals surface area (Å²) in [7, 11) is 0. The third-order valence-corrected chi connectivity index (χ3v) is 5.01. The van der Waals surface area contributed by atoms with Gasteiger partial charge in [0.25, 0.3) is 5.91 Å². The van der Waals surface area contributed by atoms with E-state index in [9.17, 15) is 9.59 Å². The van der Waals surface area contributed by atoms with E-state index in [4.69, 9.17) is 9.15 Å². The molecular formula is C26H23NO4. The Morgan fingerprint density at radius 1 is 0.935 bits per heavy atom. The fraction of sp³-hybridized carbons (Fsp3) is 0.154. The maximum absolute atomic E-state index is 12.8. The third kappa shape index (κ3) is 5.20. The van der Waals surface area contributed by atoms with Crippen molar-refractivity contribution in [3.8, 4) is 16.9 Å². The molecule has 0 saturated carbocycles. The lowest BCUT2D eigenvalue weighted by atomic mass is 10.1. The van der Waals surface area contributed by atoms with Crippen LogP contribution >= 0.6 is 0 Å². The summed E-state index contributed by atoms with van der Waals surface area (Å²) in [6.45, 7) is 0.495. The molecule has 5 heteroatoms. The van der Waals surface area contributed by atoms with E-state index in [-0.39, 0.29) is 17.9 Å². The summed E-state index contributed by atoms with van der Waals surface area (Å²) in [6.07, 6.45) is 3.24. The van der Waals surface area contributed by atoms with Crippen LogP contribution in [0.25, 0.3) is 22.1 Å². The number of rotatable bonds is 8. The second-order valence-corrected chi connectivity index (χ2v) is 7.23. The van der Waals surface area contributed by atoms with Crippen molar-refractivity contribution in [1.29, 1.82) is 0 Å². The summed E-state index contributed by atoms with van der Waals surface area (Å²) in [5.41, 5.74) is 2.89. The molecular weight excluding hydrogens is 390 g/mol. The van der Waals surface area contributed by atoms with E-state index in [1.54, 1.807) is 18.2 Å². The number of ether oxygens (including phenoxy) is 1. The molecule has 0 spiro atoms. The van der Waals surface area contributed by atoms with Gasteiger partial charge in [-0.1, -0.05) is 60.7 Å². The van der Waals surface area contributed by atoms with Gasteiger partial charge in [-0.3, -0.25) is 9.59 Å². The van der Waals surface area contributed by atoms with Crippen molar-refractivity contribution in [2.75, 3.05) is 13.2 Å². The van der Waals surface area contributed by atoms with Crippen LogP contribution in [0.5, 0.6) is 5.75 Å². The van der Waals surface area contributed by atoms with Gasteiger partial charge in [-0.05, 0) is 36.1 Å². The van der Waals surface area contributed by atoms with Gasteiger partial charge < -0.3 is 14.5 Å². The zero-order chi connectivity index (χ0) is 21.5. The molecule has 1 heterocycles. The summed E-state index contributed by atoms with van der Waals surface area (Å²) < 4.78 is 11.2. The topological polar surface area (TPSA) is 68.5 Å². The van der Waals surface area contributed by atoms with Crippen LogP contribution in [0, 0.1) is 0 Å². The highest BCUT2D eigenvalue weighted by Crippen LogP contribution is 2.23. The summed E-state index contributed by atoms with van der Waals surface area (Å²) in [5, 5.41) is 3.33. The highest BCUT2D eigenvalue weighted by atomic mass is 16.5. The van der Waals surface area contributed by atoms with Gasteiger partial charge in [0, 0.05) is 12.6 Å². The number of amides is 1. The largest absolute Gasteiger partial charge is 0.484 e. The van der Waals surface area contributed by atoms with E-state index in [2.05, 4.69) is 17.4 Å². The van der Waals surface area contributed by atoms with E-state index >= 15 is 0 Å². The van der Waals surface area contributed by atoms with Crippen LogP contribution in [0.3, 0.4) is 0 Å². The lowest BCUT2D eigenvalue weighted by Crippen LogP contribution is -2.29. The van der Waals surface area contributed by atoms with Crippen molar-refractivity contribution in [3.63, 3.8) is 0 Å². The number of benzene rings is 3. The van der Waals surface area contributed by atoms with Crippen LogP contribution in [0.15, 0.2) is 94.3 Å². The monoisotopic (exact) mass is 413 g/mol. The van der Waals surface area contributed by atoms with E-state index in [1.165, 1.54) is 11.8 Å². The SMILES string of the molecule is O=C(COc1ccc2c(=O)c(-c3ccccc3)coc2c1)NCCCc1ccccc1. The molecule has 0 aliphatic heterocycles. The molecule has 4 aromatic rings. The fourth-order valence-corrected chi connectivity index (χ4v) is 3.38. The molecule has 0 saturated heterocycles. The first-order valence-electron chi connectivity index (χ1n) is 10.2. The summed E-state index contributed by atoms with van der Waals surface area (Å²) in [4.78, 5) is 24.8. The molecule has 31 heavy (non-hydrogen) atoms. The number of carbonyl (C=O) groups excluding carboxylic acids is 1. The summed E-state index contributed by atoms with van der Waals surface area (Å²) >= 11 is 0. The van der Waals surface area contributed by atoms with Gasteiger partial charge in [0.1, 0.15) is 17.6 Å². The maximum atomic E-state index is 12.8. The molecule has 3 aromatic carbocycles. The van der Waals surface area contributed by atoms with Crippen LogP contribution in [-0.2, 0) is 11.2 Å². The molecule has 1 amide bonds. The minimum atomic E-state index is -0.186. The first-order chi connectivity index (χ1) is 15.2. The summed E-state index contributed by atoms with van der Waals surface area (Å²) in [6, 6.07) is 24.5. The average Bonchev–Trinajstić information content (AvgIpc) is 2.82. The predicted molar refractivity (Wildman–Crippen MR) is 121 cm³/mol. The molecule has 0 bridgehead atoms. The van der Waals surface area contributed by atoms with Crippen molar-refractivity contribution in [1.82, 2.24) is 5.32 Å². The Bertz CT molecular complexity index is 1220. The Kier molecular flexibility index (Phi) is 6.43. The number of hydrogen-bond acceptors (Lipinski definition) is 4. The normalized spacial score (nSPS) is 10.7. The Hall–Kier alpha value is -3.86. The zero-order valence-electron chi connectivity index (χ0n) is 17.0. The lowest BCUT2D eigenvalue weighted by Gasteiger charge is -2.09. The van der Waals surface area contributed by atoms with E-state index < -0.39 is 0 Å². The smallest absolute Gasteiger partial charge is 0.257 e. The van der Waals surface area contributed by atoms with Gasteiger partial charge in [-0.25, -0.2) is 0 Å².